The average Bonchev–Trinajstić information content (AvgIpc) is 2.46. The quantitative estimate of drug-likeness (QED) is 0.391. The first-order valence-corrected chi connectivity index (χ1v) is 6.35. The number of nitrogens with two attached hydrogens (primary N) is 1. The Morgan fingerprint density at radius 3 is 2.33 bits per heavy atom. The van der Waals surface area contributed by atoms with Crippen LogP contribution in [0.5, 0.6) is 0 Å². The molecule has 0 spiro atoms. The molecular weight excluding hydrogens is 308 g/mol. The Hall–Kier alpha value is -1.63. The van der Waals surface area contributed by atoms with Crippen molar-refractivity contribution < 1.29 is 17.6 Å². The van der Waals surface area contributed by atoms with E-state index < -0.39 is 29.3 Å². The van der Waals surface area contributed by atoms with E-state index >= 15 is 0 Å². The van der Waals surface area contributed by atoms with Gasteiger partial charge in [-0.05, 0) is 36.2 Å². The molecule has 0 heterocycles. The van der Waals surface area contributed by atoms with Gasteiger partial charge in [0.25, 0.3) is 0 Å². The second-order valence-electron chi connectivity index (χ2n) is 4.42. The van der Waals surface area contributed by atoms with Crippen molar-refractivity contribution in [3.8, 4) is 0 Å². The van der Waals surface area contributed by atoms with Crippen molar-refractivity contribution in [2.24, 2.45) is 5.84 Å². The number of hydrogen-bond donors (Lipinski definition) is 2. The zero-order chi connectivity index (χ0) is 15.6. The van der Waals surface area contributed by atoms with Gasteiger partial charge in [-0.1, -0.05) is 17.7 Å². The minimum Gasteiger partial charge on any atom is -0.271 e. The molecule has 0 saturated heterocycles. The molecule has 2 aromatic rings. The minimum absolute atomic E-state index is 0.0785. The molecule has 2 nitrogen and oxygen atoms in total. The van der Waals surface area contributed by atoms with Crippen LogP contribution < -0.4 is 11.3 Å². The van der Waals surface area contributed by atoms with E-state index in [1.165, 1.54) is 12.1 Å². The van der Waals surface area contributed by atoms with Gasteiger partial charge in [0.2, 0.25) is 0 Å². The van der Waals surface area contributed by atoms with Gasteiger partial charge in [-0.2, -0.15) is 0 Å². The Morgan fingerprint density at radius 2 is 1.67 bits per heavy atom. The lowest BCUT2D eigenvalue weighted by molar-refractivity contribution is 0.423. The van der Waals surface area contributed by atoms with E-state index in [-0.39, 0.29) is 17.5 Å². The lowest BCUT2D eigenvalue weighted by Crippen LogP contribution is -2.30. The number of nitrogens with one attached hydrogen (secondary N) is 1. The highest BCUT2D eigenvalue weighted by Crippen LogP contribution is 2.26. The lowest BCUT2D eigenvalue weighted by Gasteiger charge is -2.18. The van der Waals surface area contributed by atoms with Crippen molar-refractivity contribution in [1.29, 1.82) is 0 Å². The van der Waals surface area contributed by atoms with Crippen molar-refractivity contribution in [2.75, 3.05) is 0 Å². The molecular formula is C14H11ClF4N2. The van der Waals surface area contributed by atoms with Gasteiger partial charge < -0.3 is 0 Å². The summed E-state index contributed by atoms with van der Waals surface area (Å²) in [5.41, 5.74) is 2.24. The van der Waals surface area contributed by atoms with Gasteiger partial charge >= 0.3 is 0 Å². The molecule has 0 bridgehead atoms. The van der Waals surface area contributed by atoms with Crippen molar-refractivity contribution in [1.82, 2.24) is 5.43 Å². The number of rotatable bonds is 4. The van der Waals surface area contributed by atoms with Crippen LogP contribution >= 0.6 is 11.6 Å². The van der Waals surface area contributed by atoms with Crippen molar-refractivity contribution in [3.05, 3.63) is 69.8 Å². The third kappa shape index (κ3) is 3.34. The third-order valence-electron chi connectivity index (χ3n) is 3.07. The first kappa shape index (κ1) is 15.8. The Morgan fingerprint density at radius 1 is 1.00 bits per heavy atom. The van der Waals surface area contributed by atoms with Gasteiger partial charge in [0.1, 0.15) is 5.82 Å². The van der Waals surface area contributed by atoms with Gasteiger partial charge in [-0.3, -0.25) is 11.3 Å². The van der Waals surface area contributed by atoms with Crippen LogP contribution in [0.25, 0.3) is 0 Å². The SMILES string of the molecule is NNC(Cc1cc(Cl)ccc1F)c1ccc(F)c(F)c1F. The molecule has 7 heteroatoms. The smallest absolute Gasteiger partial charge is 0.194 e. The fourth-order valence-corrected chi connectivity index (χ4v) is 2.18. The lowest BCUT2D eigenvalue weighted by atomic mass is 9.98. The minimum atomic E-state index is -1.60. The summed E-state index contributed by atoms with van der Waals surface area (Å²) in [6.45, 7) is 0. The summed E-state index contributed by atoms with van der Waals surface area (Å²) in [5.74, 6) is 0.493. The number of halogens is 5. The normalized spacial score (nSPS) is 12.5. The zero-order valence-corrected chi connectivity index (χ0v) is 11.4. The maximum atomic E-state index is 13.8. The van der Waals surface area contributed by atoms with Gasteiger partial charge in [0, 0.05) is 10.6 Å². The highest BCUT2D eigenvalue weighted by molar-refractivity contribution is 6.30. The molecule has 2 aromatic carbocycles. The van der Waals surface area contributed by atoms with Gasteiger partial charge in [-0.15, -0.1) is 0 Å². The van der Waals surface area contributed by atoms with E-state index in [1.807, 2.05) is 0 Å². The molecule has 0 saturated carbocycles. The Kier molecular flexibility index (Phi) is 4.82. The van der Waals surface area contributed by atoms with E-state index in [2.05, 4.69) is 5.43 Å². The Labute approximate surface area is 123 Å². The van der Waals surface area contributed by atoms with Gasteiger partial charge in [0.15, 0.2) is 17.5 Å². The summed E-state index contributed by atoms with van der Waals surface area (Å²) in [6, 6.07) is 4.79. The second kappa shape index (κ2) is 6.43. The summed E-state index contributed by atoms with van der Waals surface area (Å²) < 4.78 is 53.6. The van der Waals surface area contributed by atoms with Crippen molar-refractivity contribution in [2.45, 2.75) is 12.5 Å². The van der Waals surface area contributed by atoms with Crippen molar-refractivity contribution >= 4 is 11.6 Å². The van der Waals surface area contributed by atoms with Crippen LogP contribution in [0.2, 0.25) is 5.02 Å². The summed E-state index contributed by atoms with van der Waals surface area (Å²) >= 11 is 5.76. The average molecular weight is 319 g/mol. The standard InChI is InChI=1S/C14H11ClF4N2/c15-8-1-3-10(16)7(5-8)6-12(21-20)9-2-4-11(17)14(19)13(9)18/h1-5,12,21H,6,20H2. The fourth-order valence-electron chi connectivity index (χ4n) is 1.99. The summed E-state index contributed by atoms with van der Waals surface area (Å²) in [6.07, 6.45) is -0.0785. The van der Waals surface area contributed by atoms with E-state index in [1.54, 1.807) is 0 Å². The van der Waals surface area contributed by atoms with Crippen LogP contribution in [0.4, 0.5) is 17.6 Å². The van der Waals surface area contributed by atoms with E-state index in [0.717, 1.165) is 18.2 Å². The summed E-state index contributed by atoms with van der Waals surface area (Å²) in [5, 5.41) is 0.299. The zero-order valence-electron chi connectivity index (χ0n) is 10.6. The largest absolute Gasteiger partial charge is 0.271 e. The highest BCUT2D eigenvalue weighted by Gasteiger charge is 2.21. The highest BCUT2D eigenvalue weighted by atomic mass is 35.5. The molecule has 0 amide bonds. The first-order valence-electron chi connectivity index (χ1n) is 5.97. The molecule has 1 atom stereocenters. The molecule has 21 heavy (non-hydrogen) atoms. The van der Waals surface area contributed by atoms with E-state index in [0.29, 0.717) is 5.02 Å². The molecule has 0 aliphatic carbocycles. The number of hydrazine groups is 1. The Balaban J connectivity index is 2.37. The van der Waals surface area contributed by atoms with Crippen LogP contribution in [-0.2, 0) is 6.42 Å². The molecule has 2 rings (SSSR count). The van der Waals surface area contributed by atoms with Gasteiger partial charge in [-0.25, -0.2) is 17.6 Å². The summed E-state index contributed by atoms with van der Waals surface area (Å²) in [7, 11) is 0. The molecule has 0 radical (unpaired) electrons. The third-order valence-corrected chi connectivity index (χ3v) is 3.31. The van der Waals surface area contributed by atoms with Crippen molar-refractivity contribution in [3.63, 3.8) is 0 Å². The second-order valence-corrected chi connectivity index (χ2v) is 4.86. The molecule has 1 unspecified atom stereocenters. The number of hydrogen-bond acceptors (Lipinski definition) is 2. The van der Waals surface area contributed by atoms with E-state index in [9.17, 15) is 17.6 Å². The van der Waals surface area contributed by atoms with Gasteiger partial charge in [0.05, 0.1) is 6.04 Å². The molecule has 3 N–H and O–H groups in total. The van der Waals surface area contributed by atoms with Crippen LogP contribution in [0.1, 0.15) is 17.2 Å². The van der Waals surface area contributed by atoms with Crippen LogP contribution in [0.3, 0.4) is 0 Å². The molecule has 112 valence electrons. The molecule has 0 aliphatic rings. The maximum Gasteiger partial charge on any atom is 0.194 e. The monoisotopic (exact) mass is 318 g/mol. The van der Waals surface area contributed by atoms with Crippen LogP contribution in [0.15, 0.2) is 30.3 Å². The number of benzene rings is 2. The van der Waals surface area contributed by atoms with E-state index in [4.69, 9.17) is 17.4 Å². The molecule has 0 fully saturated rings. The topological polar surface area (TPSA) is 38.0 Å². The molecule has 0 aromatic heterocycles. The van der Waals surface area contributed by atoms with Crippen LogP contribution in [-0.4, -0.2) is 0 Å². The maximum absolute atomic E-state index is 13.8. The fraction of sp³-hybridized carbons (Fsp3) is 0.143. The predicted octanol–water partition coefficient (Wildman–Crippen LogP) is 3.64. The molecule has 0 aliphatic heterocycles. The predicted molar refractivity (Wildman–Crippen MR) is 71.5 cm³/mol. The first-order chi connectivity index (χ1) is 9.93. The Bertz CT molecular complexity index is 664. The summed E-state index contributed by atoms with van der Waals surface area (Å²) in [4.78, 5) is 0. The van der Waals surface area contributed by atoms with Crippen LogP contribution in [0, 0.1) is 23.3 Å².